The molecule has 0 aliphatic carbocycles. The van der Waals surface area contributed by atoms with Gasteiger partial charge in [-0.25, -0.2) is 4.98 Å². The molecular formula is C19H35N5O2. The van der Waals surface area contributed by atoms with Gasteiger partial charge in [-0.2, -0.15) is 0 Å². The zero-order chi connectivity index (χ0) is 19.3. The van der Waals surface area contributed by atoms with E-state index in [1.807, 2.05) is 0 Å². The Balaban J connectivity index is 2.46. The summed E-state index contributed by atoms with van der Waals surface area (Å²) < 4.78 is 0. The van der Waals surface area contributed by atoms with Crippen LogP contribution in [-0.2, 0) is 16.0 Å². The van der Waals surface area contributed by atoms with Crippen LogP contribution >= 0.6 is 0 Å². The van der Waals surface area contributed by atoms with Gasteiger partial charge in [-0.05, 0) is 32.2 Å². The number of aryl methyl sites for hydroxylation is 1. The number of aromatic amines is 1. The fraction of sp³-hybridized carbons (Fsp3) is 0.737. The van der Waals surface area contributed by atoms with Crippen molar-refractivity contribution in [2.24, 2.45) is 11.5 Å². The summed E-state index contributed by atoms with van der Waals surface area (Å²) in [5.41, 5.74) is 10.8. The molecule has 0 radical (unpaired) electrons. The second-order valence-corrected chi connectivity index (χ2v) is 6.95. The zero-order valence-electron chi connectivity index (χ0n) is 16.1. The average Bonchev–Trinajstić information content (AvgIpc) is 3.13. The van der Waals surface area contributed by atoms with E-state index in [0.29, 0.717) is 38.8 Å². The molecule has 1 atom stereocenters. The molecule has 1 rings (SSSR count). The van der Waals surface area contributed by atoms with Gasteiger partial charge in [0.2, 0.25) is 5.91 Å². The van der Waals surface area contributed by atoms with E-state index < -0.39 is 5.54 Å². The van der Waals surface area contributed by atoms with Crippen molar-refractivity contribution in [2.75, 3.05) is 13.1 Å². The molecule has 0 fully saturated rings. The molecule has 1 amide bonds. The summed E-state index contributed by atoms with van der Waals surface area (Å²) in [6.45, 7) is 3.33. The van der Waals surface area contributed by atoms with Gasteiger partial charge in [-0.3, -0.25) is 9.59 Å². The fourth-order valence-electron chi connectivity index (χ4n) is 2.94. The summed E-state index contributed by atoms with van der Waals surface area (Å²) in [5, 5.41) is 2.88. The number of nitrogens with two attached hydrogens (primary N) is 2. The third-order valence-electron chi connectivity index (χ3n) is 4.58. The van der Waals surface area contributed by atoms with Crippen molar-refractivity contribution in [1.82, 2.24) is 15.3 Å². The Morgan fingerprint density at radius 3 is 2.69 bits per heavy atom. The number of amides is 1. The first kappa shape index (κ1) is 22.3. The molecule has 0 aliphatic rings. The fourth-order valence-corrected chi connectivity index (χ4v) is 2.94. The van der Waals surface area contributed by atoms with Crippen LogP contribution in [0.1, 0.15) is 70.5 Å². The maximum Gasteiger partial charge on any atom is 0.222 e. The number of H-pyrrole nitrogens is 1. The summed E-state index contributed by atoms with van der Waals surface area (Å²) >= 11 is 0. The number of unbranched alkanes of at least 4 members (excludes halogenated alkanes) is 3. The van der Waals surface area contributed by atoms with Crippen LogP contribution < -0.4 is 16.8 Å². The molecule has 0 saturated heterocycles. The normalized spacial score (nSPS) is 13.3. The number of rotatable bonds is 15. The molecule has 148 valence electrons. The summed E-state index contributed by atoms with van der Waals surface area (Å²) in [4.78, 5) is 32.1. The van der Waals surface area contributed by atoms with E-state index in [1.165, 1.54) is 0 Å². The molecule has 7 nitrogen and oxygen atoms in total. The van der Waals surface area contributed by atoms with Crippen molar-refractivity contribution in [2.45, 2.75) is 76.7 Å². The molecule has 6 N–H and O–H groups in total. The van der Waals surface area contributed by atoms with Gasteiger partial charge in [0, 0.05) is 31.8 Å². The van der Waals surface area contributed by atoms with Crippen LogP contribution in [0, 0.1) is 0 Å². The van der Waals surface area contributed by atoms with Crippen LogP contribution in [0.5, 0.6) is 0 Å². The van der Waals surface area contributed by atoms with Gasteiger partial charge in [-0.15, -0.1) is 0 Å². The number of Topliss-reactive ketones (excluding diaryl/α,β-unsaturated/α-hetero) is 1. The Morgan fingerprint density at radius 1 is 1.23 bits per heavy atom. The number of hydrogen-bond acceptors (Lipinski definition) is 5. The predicted molar refractivity (Wildman–Crippen MR) is 104 cm³/mol. The molecule has 0 aromatic carbocycles. The van der Waals surface area contributed by atoms with Gasteiger partial charge in [0.15, 0.2) is 5.78 Å². The van der Waals surface area contributed by atoms with Crippen molar-refractivity contribution < 1.29 is 9.59 Å². The summed E-state index contributed by atoms with van der Waals surface area (Å²) in [7, 11) is 0. The monoisotopic (exact) mass is 365 g/mol. The maximum absolute atomic E-state index is 12.7. The number of carbonyl (C=O) groups excluding carboxylic acids is 2. The largest absolute Gasteiger partial charge is 0.356 e. The first-order chi connectivity index (χ1) is 12.5. The Bertz CT molecular complexity index is 518. The van der Waals surface area contributed by atoms with Gasteiger partial charge in [0.25, 0.3) is 0 Å². The second-order valence-electron chi connectivity index (χ2n) is 6.95. The summed E-state index contributed by atoms with van der Waals surface area (Å²) in [6, 6.07) is 0. The van der Waals surface area contributed by atoms with E-state index in [-0.39, 0.29) is 18.1 Å². The van der Waals surface area contributed by atoms with Crippen LogP contribution in [0.15, 0.2) is 12.4 Å². The molecule has 1 heterocycles. The number of aromatic nitrogens is 2. The molecule has 0 aliphatic heterocycles. The molecule has 1 unspecified atom stereocenters. The van der Waals surface area contributed by atoms with E-state index in [1.54, 1.807) is 12.4 Å². The highest BCUT2D eigenvalue weighted by molar-refractivity contribution is 5.93. The number of nitrogens with one attached hydrogen (secondary N) is 2. The lowest BCUT2D eigenvalue weighted by Crippen LogP contribution is -2.51. The molecule has 0 spiro atoms. The Morgan fingerprint density at radius 2 is 2.04 bits per heavy atom. The number of hydrogen-bond donors (Lipinski definition) is 4. The first-order valence-corrected chi connectivity index (χ1v) is 9.79. The lowest BCUT2D eigenvalue weighted by Gasteiger charge is -2.27. The van der Waals surface area contributed by atoms with E-state index in [4.69, 9.17) is 11.5 Å². The molecular weight excluding hydrogens is 330 g/mol. The SMILES string of the molecule is CCCCC(N)(CC(=O)NCCCCCN)C(=O)CCCc1ncc[nH]1. The molecule has 7 heteroatoms. The number of imidazole rings is 1. The standard InChI is InChI=1S/C19H35N5O2/c1-2-3-10-19(21,15-18(26)24-12-6-4-5-11-20)16(25)8-7-9-17-22-13-14-23-17/h13-14H,2-12,15,20-21H2,1H3,(H,22,23)(H,24,26). The Labute approximate surface area is 156 Å². The number of nitrogens with zero attached hydrogens (tertiary/aromatic N) is 1. The summed E-state index contributed by atoms with van der Waals surface area (Å²) in [6.07, 6.45) is 10.4. The van der Waals surface area contributed by atoms with E-state index in [0.717, 1.165) is 37.9 Å². The highest BCUT2D eigenvalue weighted by atomic mass is 16.2. The third kappa shape index (κ3) is 8.58. The van der Waals surface area contributed by atoms with Crippen molar-refractivity contribution >= 4 is 11.7 Å². The average molecular weight is 366 g/mol. The first-order valence-electron chi connectivity index (χ1n) is 9.79. The van der Waals surface area contributed by atoms with Crippen molar-refractivity contribution in [3.05, 3.63) is 18.2 Å². The molecule has 1 aromatic heterocycles. The lowest BCUT2D eigenvalue weighted by atomic mass is 9.83. The van der Waals surface area contributed by atoms with Gasteiger partial charge in [0.05, 0.1) is 12.0 Å². The van der Waals surface area contributed by atoms with Gasteiger partial charge in [0.1, 0.15) is 5.82 Å². The second kappa shape index (κ2) is 12.6. The summed E-state index contributed by atoms with van der Waals surface area (Å²) in [5.74, 6) is 0.690. The smallest absolute Gasteiger partial charge is 0.222 e. The van der Waals surface area contributed by atoms with E-state index >= 15 is 0 Å². The van der Waals surface area contributed by atoms with Gasteiger partial charge >= 0.3 is 0 Å². The van der Waals surface area contributed by atoms with E-state index in [2.05, 4.69) is 22.2 Å². The predicted octanol–water partition coefficient (Wildman–Crippen LogP) is 1.82. The van der Waals surface area contributed by atoms with Crippen LogP contribution in [-0.4, -0.2) is 40.3 Å². The molecule has 0 bridgehead atoms. The lowest BCUT2D eigenvalue weighted by molar-refractivity contribution is -0.130. The molecule has 1 aromatic rings. The maximum atomic E-state index is 12.7. The Kier molecular flexibility index (Phi) is 10.8. The van der Waals surface area contributed by atoms with E-state index in [9.17, 15) is 9.59 Å². The number of carbonyl (C=O) groups is 2. The van der Waals surface area contributed by atoms with Crippen molar-refractivity contribution in [1.29, 1.82) is 0 Å². The Hall–Kier alpha value is -1.73. The number of ketones is 1. The minimum absolute atomic E-state index is 0.0317. The van der Waals surface area contributed by atoms with Crippen molar-refractivity contribution in [3.8, 4) is 0 Å². The minimum Gasteiger partial charge on any atom is -0.356 e. The quantitative estimate of drug-likeness (QED) is 0.353. The topological polar surface area (TPSA) is 127 Å². The van der Waals surface area contributed by atoms with Gasteiger partial charge in [-0.1, -0.05) is 26.2 Å². The third-order valence-corrected chi connectivity index (χ3v) is 4.58. The molecule has 0 saturated carbocycles. The van der Waals surface area contributed by atoms with Crippen LogP contribution in [0.25, 0.3) is 0 Å². The highest BCUT2D eigenvalue weighted by Gasteiger charge is 2.34. The highest BCUT2D eigenvalue weighted by Crippen LogP contribution is 2.20. The minimum atomic E-state index is -1.07. The van der Waals surface area contributed by atoms with Crippen LogP contribution in [0.3, 0.4) is 0 Å². The van der Waals surface area contributed by atoms with Crippen LogP contribution in [0.2, 0.25) is 0 Å². The van der Waals surface area contributed by atoms with Crippen LogP contribution in [0.4, 0.5) is 0 Å². The molecule has 26 heavy (non-hydrogen) atoms. The van der Waals surface area contributed by atoms with Crippen molar-refractivity contribution in [3.63, 3.8) is 0 Å². The van der Waals surface area contributed by atoms with Gasteiger partial charge < -0.3 is 21.8 Å². The zero-order valence-corrected chi connectivity index (χ0v) is 16.1.